The van der Waals surface area contributed by atoms with E-state index < -0.39 is 14.1 Å². The molecule has 1 fully saturated rings. The van der Waals surface area contributed by atoms with Gasteiger partial charge >= 0.3 is 0 Å². The van der Waals surface area contributed by atoms with Gasteiger partial charge in [-0.15, -0.1) is 34.8 Å². The molecule has 0 unspecified atom stereocenters. The van der Waals surface area contributed by atoms with Crippen LogP contribution in [0.3, 0.4) is 0 Å². The van der Waals surface area contributed by atoms with Crippen molar-refractivity contribution >= 4 is 81.2 Å². The van der Waals surface area contributed by atoms with Crippen LogP contribution in [0.15, 0.2) is 22.2 Å². The zero-order valence-corrected chi connectivity index (χ0v) is 13.3. The van der Waals surface area contributed by atoms with Crippen LogP contribution in [-0.2, 0) is 0 Å². The first-order chi connectivity index (χ1) is 7.70. The molecule has 0 radical (unpaired) electrons. The van der Waals surface area contributed by atoms with E-state index in [4.69, 9.17) is 81.2 Å². The lowest BCUT2D eigenvalue weighted by molar-refractivity contribution is 0.420. The van der Waals surface area contributed by atoms with E-state index in [-0.39, 0.29) is 27.3 Å². The van der Waals surface area contributed by atoms with Gasteiger partial charge in [0.2, 0.25) is 0 Å². The number of rotatable bonds is 0. The summed E-state index contributed by atoms with van der Waals surface area (Å²) < 4.78 is -1.48. The van der Waals surface area contributed by atoms with Crippen LogP contribution in [0.1, 0.15) is 0 Å². The number of hydrogen-bond donors (Lipinski definition) is 0. The average Bonchev–Trinajstić information content (AvgIpc) is 2.73. The Labute approximate surface area is 134 Å². The van der Waals surface area contributed by atoms with Crippen molar-refractivity contribution < 1.29 is 0 Å². The Hall–Kier alpha value is 1.51. The van der Waals surface area contributed by atoms with Crippen LogP contribution >= 0.6 is 81.2 Å². The quantitative estimate of drug-likeness (QED) is 0.402. The normalized spacial score (nSPS) is 54.6. The van der Waals surface area contributed by atoms with E-state index >= 15 is 0 Å². The molecule has 0 spiro atoms. The van der Waals surface area contributed by atoms with E-state index in [9.17, 15) is 0 Å². The first-order valence-electron chi connectivity index (χ1n) is 4.85. The minimum Gasteiger partial charge on any atom is -0.118 e. The molecule has 0 aliphatic heterocycles. The smallest absolute Gasteiger partial charge is 0.118 e. The van der Waals surface area contributed by atoms with Gasteiger partial charge in [-0.05, 0) is 0 Å². The molecule has 3 aliphatic rings. The van der Waals surface area contributed by atoms with Crippen molar-refractivity contribution in [1.29, 1.82) is 0 Å². The van der Waals surface area contributed by atoms with Gasteiger partial charge in [-0.3, -0.25) is 0 Å². The van der Waals surface area contributed by atoms with E-state index in [1.807, 2.05) is 12.2 Å². The van der Waals surface area contributed by atoms with Crippen molar-refractivity contribution in [2.45, 2.75) is 19.5 Å². The molecule has 0 nitrogen and oxygen atoms in total. The SMILES string of the molecule is ClC1=C(Cl)[C@]2(Cl)[C@@H]3[C@@H](C=C[C@@H]3Cl)[C@@]1(Cl)C2(Cl)Cl. The fraction of sp³-hybridized carbons (Fsp3) is 0.600. The molecule has 3 aliphatic carbocycles. The summed E-state index contributed by atoms with van der Waals surface area (Å²) in [7, 11) is 0. The average molecular weight is 373 g/mol. The molecule has 3 rings (SSSR count). The van der Waals surface area contributed by atoms with E-state index in [0.717, 1.165) is 0 Å². The lowest BCUT2D eigenvalue weighted by Gasteiger charge is -2.34. The Morgan fingerprint density at radius 3 is 2.00 bits per heavy atom. The molecule has 0 N–H and O–H groups in total. The maximum Gasteiger partial charge on any atom is 0.167 e. The van der Waals surface area contributed by atoms with E-state index in [1.54, 1.807) is 0 Å². The molecule has 94 valence electrons. The summed E-state index contributed by atoms with van der Waals surface area (Å²) in [5.41, 5.74) is 0. The summed E-state index contributed by atoms with van der Waals surface area (Å²) in [6, 6.07) is 0. The van der Waals surface area contributed by atoms with Gasteiger partial charge in [0.15, 0.2) is 4.33 Å². The Morgan fingerprint density at radius 2 is 1.41 bits per heavy atom. The summed E-state index contributed by atoms with van der Waals surface area (Å²) in [6.07, 6.45) is 3.69. The number of allylic oxidation sites excluding steroid dienone is 4. The first-order valence-corrected chi connectivity index (χ1v) is 7.55. The summed E-state index contributed by atoms with van der Waals surface area (Å²) in [5, 5.41) is 0.113. The third-order valence-corrected chi connectivity index (χ3v) is 8.61. The van der Waals surface area contributed by atoms with E-state index in [1.165, 1.54) is 0 Å². The molecular formula is C10H5Cl7. The molecule has 5 atom stereocenters. The molecule has 0 saturated heterocycles. The number of fused-ring (bicyclic) bond motifs is 5. The highest BCUT2D eigenvalue weighted by Crippen LogP contribution is 2.78. The molecule has 0 aromatic rings. The van der Waals surface area contributed by atoms with Gasteiger partial charge < -0.3 is 0 Å². The monoisotopic (exact) mass is 370 g/mol. The van der Waals surface area contributed by atoms with Crippen molar-refractivity contribution in [2.24, 2.45) is 11.8 Å². The van der Waals surface area contributed by atoms with Crippen LogP contribution in [0, 0.1) is 11.8 Å². The summed E-state index contributed by atoms with van der Waals surface area (Å²) in [4.78, 5) is -2.45. The van der Waals surface area contributed by atoms with Gasteiger partial charge in [-0.25, -0.2) is 0 Å². The third kappa shape index (κ3) is 1.15. The van der Waals surface area contributed by atoms with Gasteiger partial charge in [-0.2, -0.15) is 0 Å². The Bertz CT molecular complexity index is 467. The topological polar surface area (TPSA) is 0 Å². The third-order valence-electron chi connectivity index (χ3n) is 3.90. The fourth-order valence-corrected chi connectivity index (χ4v) is 6.60. The standard InChI is InChI=1S/C10H5Cl7/c11-4-2-1-3-5(4)9(15)7(13)6(12)8(3,14)10(9,16)17/h1-5H/t3-,4+,5-,8+,9-/m1/s1. The Kier molecular flexibility index (Phi) is 2.84. The summed E-state index contributed by atoms with van der Waals surface area (Å²) in [5.74, 6) is -0.470. The highest BCUT2D eigenvalue weighted by atomic mass is 35.5. The van der Waals surface area contributed by atoms with Crippen LogP contribution in [0.5, 0.6) is 0 Å². The molecule has 0 aromatic carbocycles. The van der Waals surface area contributed by atoms with Crippen molar-refractivity contribution in [3.05, 3.63) is 22.2 Å². The zero-order chi connectivity index (χ0) is 12.8. The maximum atomic E-state index is 6.57. The van der Waals surface area contributed by atoms with E-state index in [2.05, 4.69) is 0 Å². The molecule has 7 heteroatoms. The second-order valence-electron chi connectivity index (χ2n) is 4.51. The first kappa shape index (κ1) is 13.5. The second kappa shape index (κ2) is 3.58. The molecule has 0 aromatic heterocycles. The predicted molar refractivity (Wildman–Crippen MR) is 76.1 cm³/mol. The van der Waals surface area contributed by atoms with Gasteiger partial charge in [0.05, 0.1) is 15.4 Å². The van der Waals surface area contributed by atoms with Crippen LogP contribution in [0.25, 0.3) is 0 Å². The van der Waals surface area contributed by atoms with Crippen molar-refractivity contribution in [3.63, 3.8) is 0 Å². The molecule has 1 saturated carbocycles. The van der Waals surface area contributed by atoms with Gasteiger partial charge in [0.25, 0.3) is 0 Å². The summed E-state index contributed by atoms with van der Waals surface area (Å²) in [6.45, 7) is 0. The lowest BCUT2D eigenvalue weighted by atomic mass is 9.84. The highest BCUT2D eigenvalue weighted by molar-refractivity contribution is 6.66. The van der Waals surface area contributed by atoms with Crippen LogP contribution < -0.4 is 0 Å². The largest absolute Gasteiger partial charge is 0.167 e. The molecule has 0 amide bonds. The van der Waals surface area contributed by atoms with Crippen molar-refractivity contribution in [2.75, 3.05) is 0 Å². The van der Waals surface area contributed by atoms with Crippen molar-refractivity contribution in [1.82, 2.24) is 0 Å². The maximum absolute atomic E-state index is 6.57. The highest BCUT2D eigenvalue weighted by Gasteiger charge is 2.83. The van der Waals surface area contributed by atoms with Crippen LogP contribution in [0.4, 0.5) is 0 Å². The minimum absolute atomic E-state index is 0.205. The van der Waals surface area contributed by atoms with Crippen molar-refractivity contribution in [3.8, 4) is 0 Å². The molecule has 0 heterocycles. The predicted octanol–water partition coefficient (Wildman–Crippen LogP) is 5.24. The van der Waals surface area contributed by atoms with Gasteiger partial charge in [0, 0.05) is 11.8 Å². The fourth-order valence-electron chi connectivity index (χ4n) is 3.08. The minimum atomic E-state index is -1.48. The van der Waals surface area contributed by atoms with Gasteiger partial charge in [-0.1, -0.05) is 58.6 Å². The Morgan fingerprint density at radius 1 is 0.882 bits per heavy atom. The van der Waals surface area contributed by atoms with Crippen LogP contribution in [0.2, 0.25) is 0 Å². The zero-order valence-electron chi connectivity index (χ0n) is 8.03. The molecule has 2 bridgehead atoms. The van der Waals surface area contributed by atoms with Gasteiger partial charge in [0.1, 0.15) is 9.75 Å². The number of halogens is 7. The summed E-state index contributed by atoms with van der Waals surface area (Å²) >= 11 is 44.5. The Balaban J connectivity index is 2.32. The number of hydrogen-bond acceptors (Lipinski definition) is 0. The lowest BCUT2D eigenvalue weighted by Crippen LogP contribution is -2.45. The van der Waals surface area contributed by atoms with E-state index in [0.29, 0.717) is 0 Å². The second-order valence-corrected chi connectivity index (χ2v) is 8.29. The number of alkyl halides is 5. The molecular weight excluding hydrogens is 368 g/mol. The van der Waals surface area contributed by atoms with Crippen LogP contribution in [-0.4, -0.2) is 19.5 Å². The molecule has 17 heavy (non-hydrogen) atoms.